The Kier molecular flexibility index (Phi) is 4.74. The summed E-state index contributed by atoms with van der Waals surface area (Å²) in [4.78, 5) is 4.54. The summed E-state index contributed by atoms with van der Waals surface area (Å²) in [6.07, 6.45) is 1.74. The average Bonchev–Trinajstić information content (AvgIpc) is 2.42. The van der Waals surface area contributed by atoms with E-state index >= 15 is 0 Å². The number of aromatic nitrogens is 1. The predicted molar refractivity (Wildman–Crippen MR) is 74.3 cm³/mol. The molecule has 2 nitrogen and oxygen atoms in total. The van der Waals surface area contributed by atoms with Gasteiger partial charge in [0, 0.05) is 23.4 Å². The number of hydrogen-bond acceptors (Lipinski definition) is 3. The summed E-state index contributed by atoms with van der Waals surface area (Å²) in [6, 6.07) is 7.27. The minimum Gasteiger partial charge on any atom is -0.370 e. The Morgan fingerprint density at radius 1 is 1.21 bits per heavy atom. The number of benzene rings is 1. The highest BCUT2D eigenvalue weighted by Gasteiger charge is 2.05. The van der Waals surface area contributed by atoms with Crippen molar-refractivity contribution in [2.75, 3.05) is 11.9 Å². The smallest absolute Gasteiger partial charge is 0.136 e. The van der Waals surface area contributed by atoms with Crippen LogP contribution in [0.25, 0.3) is 0 Å². The number of pyridine rings is 1. The molecule has 2 aromatic rings. The minimum atomic E-state index is -0.426. The molecule has 0 aliphatic heterocycles. The third kappa shape index (κ3) is 3.92. The van der Waals surface area contributed by atoms with Gasteiger partial charge >= 0.3 is 0 Å². The van der Waals surface area contributed by atoms with Crippen molar-refractivity contribution in [1.82, 2.24) is 4.98 Å². The fourth-order valence-corrected chi connectivity index (χ4v) is 2.44. The normalized spacial score (nSPS) is 10.5. The molecule has 1 aromatic heterocycles. The van der Waals surface area contributed by atoms with E-state index in [1.165, 1.54) is 17.8 Å². The van der Waals surface area contributed by atoms with Gasteiger partial charge in [-0.2, -0.15) is 0 Å². The molecule has 0 saturated heterocycles. The Hall–Kier alpha value is -1.62. The van der Waals surface area contributed by atoms with Crippen LogP contribution >= 0.6 is 11.8 Å². The van der Waals surface area contributed by atoms with Crippen LogP contribution in [0.1, 0.15) is 12.5 Å². The first-order valence-electron chi connectivity index (χ1n) is 5.95. The van der Waals surface area contributed by atoms with Crippen molar-refractivity contribution in [3.05, 3.63) is 53.7 Å². The second kappa shape index (κ2) is 6.52. The van der Waals surface area contributed by atoms with Gasteiger partial charge in [-0.3, -0.25) is 0 Å². The van der Waals surface area contributed by atoms with Gasteiger partial charge < -0.3 is 5.32 Å². The first kappa shape index (κ1) is 13.8. The molecule has 0 spiro atoms. The van der Waals surface area contributed by atoms with Crippen LogP contribution in [0.2, 0.25) is 0 Å². The molecule has 0 atom stereocenters. The molecule has 1 aromatic carbocycles. The molecule has 19 heavy (non-hydrogen) atoms. The zero-order valence-corrected chi connectivity index (χ0v) is 11.3. The standard InChI is InChI=1S/C14H14F2N2S/c1-2-17-14-6-3-10(8-18-14)9-19-13-7-11(15)4-5-12(13)16/h3-8H,2,9H2,1H3,(H,17,18). The Labute approximate surface area is 115 Å². The van der Waals surface area contributed by atoms with E-state index in [1.807, 2.05) is 19.1 Å². The fourth-order valence-electron chi connectivity index (χ4n) is 1.54. The third-order valence-electron chi connectivity index (χ3n) is 2.47. The largest absolute Gasteiger partial charge is 0.370 e. The van der Waals surface area contributed by atoms with Gasteiger partial charge in [0.25, 0.3) is 0 Å². The molecule has 0 unspecified atom stereocenters. The highest BCUT2D eigenvalue weighted by atomic mass is 32.2. The summed E-state index contributed by atoms with van der Waals surface area (Å²) >= 11 is 1.26. The lowest BCUT2D eigenvalue weighted by Gasteiger charge is -2.05. The number of anilines is 1. The summed E-state index contributed by atoms with van der Waals surface area (Å²) in [7, 11) is 0. The van der Waals surface area contributed by atoms with Crippen LogP contribution in [0.15, 0.2) is 41.4 Å². The van der Waals surface area contributed by atoms with Gasteiger partial charge in [-0.1, -0.05) is 6.07 Å². The molecule has 0 aliphatic rings. The Balaban J connectivity index is 2.00. The number of rotatable bonds is 5. The van der Waals surface area contributed by atoms with Crippen molar-refractivity contribution in [2.45, 2.75) is 17.6 Å². The molecule has 0 saturated carbocycles. The molecule has 0 aliphatic carbocycles. The zero-order chi connectivity index (χ0) is 13.7. The van der Waals surface area contributed by atoms with Crippen LogP contribution < -0.4 is 5.32 Å². The van der Waals surface area contributed by atoms with E-state index < -0.39 is 11.6 Å². The topological polar surface area (TPSA) is 24.9 Å². The van der Waals surface area contributed by atoms with E-state index in [4.69, 9.17) is 0 Å². The maximum atomic E-state index is 13.4. The van der Waals surface area contributed by atoms with Crippen LogP contribution in [0.4, 0.5) is 14.6 Å². The quantitative estimate of drug-likeness (QED) is 0.835. The van der Waals surface area contributed by atoms with Gasteiger partial charge in [-0.15, -0.1) is 11.8 Å². The lowest BCUT2D eigenvalue weighted by Crippen LogP contribution is -1.98. The first-order chi connectivity index (χ1) is 9.19. The lowest BCUT2D eigenvalue weighted by atomic mass is 10.3. The second-order valence-electron chi connectivity index (χ2n) is 3.95. The molecule has 1 heterocycles. The maximum absolute atomic E-state index is 13.4. The number of thioether (sulfide) groups is 1. The summed E-state index contributed by atoms with van der Waals surface area (Å²) in [6.45, 7) is 2.81. The van der Waals surface area contributed by atoms with Crippen LogP contribution in [-0.2, 0) is 5.75 Å². The highest BCUT2D eigenvalue weighted by molar-refractivity contribution is 7.98. The van der Waals surface area contributed by atoms with Crippen LogP contribution in [0.5, 0.6) is 0 Å². The molecule has 0 amide bonds. The van der Waals surface area contributed by atoms with E-state index in [9.17, 15) is 8.78 Å². The fraction of sp³-hybridized carbons (Fsp3) is 0.214. The van der Waals surface area contributed by atoms with E-state index in [-0.39, 0.29) is 0 Å². The van der Waals surface area contributed by atoms with Gasteiger partial charge in [-0.25, -0.2) is 13.8 Å². The number of nitrogens with zero attached hydrogens (tertiary/aromatic N) is 1. The summed E-state index contributed by atoms with van der Waals surface area (Å²) < 4.78 is 26.4. The third-order valence-corrected chi connectivity index (χ3v) is 3.57. The number of nitrogens with one attached hydrogen (secondary N) is 1. The Bertz CT molecular complexity index is 544. The Morgan fingerprint density at radius 3 is 2.74 bits per heavy atom. The van der Waals surface area contributed by atoms with Crippen molar-refractivity contribution in [2.24, 2.45) is 0 Å². The molecule has 0 fully saturated rings. The highest BCUT2D eigenvalue weighted by Crippen LogP contribution is 2.26. The predicted octanol–water partition coefficient (Wildman–Crippen LogP) is 4.08. The van der Waals surface area contributed by atoms with Crippen molar-refractivity contribution < 1.29 is 8.78 Å². The molecule has 5 heteroatoms. The van der Waals surface area contributed by atoms with E-state index in [2.05, 4.69) is 10.3 Å². The molecule has 100 valence electrons. The van der Waals surface area contributed by atoms with Gasteiger partial charge in [-0.05, 0) is 36.8 Å². The lowest BCUT2D eigenvalue weighted by molar-refractivity contribution is 0.577. The van der Waals surface area contributed by atoms with Crippen molar-refractivity contribution in [3.63, 3.8) is 0 Å². The molecule has 0 bridgehead atoms. The summed E-state index contributed by atoms with van der Waals surface area (Å²) in [5.41, 5.74) is 0.968. The molecule has 2 rings (SSSR count). The van der Waals surface area contributed by atoms with Crippen molar-refractivity contribution in [3.8, 4) is 0 Å². The van der Waals surface area contributed by atoms with Gasteiger partial charge in [0.1, 0.15) is 17.5 Å². The minimum absolute atomic E-state index is 0.316. The Morgan fingerprint density at radius 2 is 2.05 bits per heavy atom. The second-order valence-corrected chi connectivity index (χ2v) is 4.96. The zero-order valence-electron chi connectivity index (χ0n) is 10.5. The van der Waals surface area contributed by atoms with E-state index in [1.54, 1.807) is 6.20 Å². The molecule has 1 N–H and O–H groups in total. The van der Waals surface area contributed by atoms with Crippen molar-refractivity contribution >= 4 is 17.6 Å². The molecular formula is C14H14F2N2S. The van der Waals surface area contributed by atoms with Crippen LogP contribution in [0, 0.1) is 11.6 Å². The average molecular weight is 280 g/mol. The number of halogens is 2. The summed E-state index contributed by atoms with van der Waals surface area (Å²) in [5, 5.41) is 3.10. The van der Waals surface area contributed by atoms with E-state index in [0.717, 1.165) is 30.1 Å². The molecular weight excluding hydrogens is 266 g/mol. The van der Waals surface area contributed by atoms with E-state index in [0.29, 0.717) is 10.6 Å². The van der Waals surface area contributed by atoms with Crippen LogP contribution in [0.3, 0.4) is 0 Å². The maximum Gasteiger partial charge on any atom is 0.136 e. The SMILES string of the molecule is CCNc1ccc(CSc2cc(F)ccc2F)cn1. The van der Waals surface area contributed by atoms with Gasteiger partial charge in [0.15, 0.2) is 0 Å². The van der Waals surface area contributed by atoms with Gasteiger partial charge in [0.05, 0.1) is 0 Å². The van der Waals surface area contributed by atoms with Gasteiger partial charge in [0.2, 0.25) is 0 Å². The van der Waals surface area contributed by atoms with Crippen molar-refractivity contribution in [1.29, 1.82) is 0 Å². The molecule has 0 radical (unpaired) electrons. The summed E-state index contributed by atoms with van der Waals surface area (Å²) in [5.74, 6) is 0.543. The first-order valence-corrected chi connectivity index (χ1v) is 6.94. The number of hydrogen-bond donors (Lipinski definition) is 1. The van der Waals surface area contributed by atoms with Crippen LogP contribution in [-0.4, -0.2) is 11.5 Å². The monoisotopic (exact) mass is 280 g/mol.